The molecule has 0 amide bonds. The Bertz CT molecular complexity index is 563. The summed E-state index contributed by atoms with van der Waals surface area (Å²) in [6, 6.07) is 8.01. The van der Waals surface area contributed by atoms with Gasteiger partial charge in [-0.25, -0.2) is 4.98 Å². The Kier molecular flexibility index (Phi) is 3.19. The van der Waals surface area contributed by atoms with Crippen LogP contribution >= 0.6 is 15.9 Å². The quantitative estimate of drug-likeness (QED) is 0.845. The first-order valence-corrected chi connectivity index (χ1v) is 5.72. The largest absolute Gasteiger partial charge is 0.294 e. The van der Waals surface area contributed by atoms with Crippen LogP contribution in [0.3, 0.4) is 0 Å². The van der Waals surface area contributed by atoms with Crippen LogP contribution in [0.2, 0.25) is 0 Å². The van der Waals surface area contributed by atoms with Gasteiger partial charge in [-0.05, 0) is 34.0 Å². The Morgan fingerprint density at radius 3 is 2.88 bits per heavy atom. The van der Waals surface area contributed by atoms with Crippen LogP contribution in [-0.2, 0) is 6.54 Å². The van der Waals surface area contributed by atoms with E-state index in [1.807, 2.05) is 31.2 Å². The van der Waals surface area contributed by atoms with E-state index in [-0.39, 0.29) is 5.56 Å². The predicted octanol–water partition coefficient (Wildman–Crippen LogP) is 2.36. The molecule has 16 heavy (non-hydrogen) atoms. The minimum atomic E-state index is -0.0572. The van der Waals surface area contributed by atoms with Crippen LogP contribution in [0.15, 0.2) is 46.1 Å². The fraction of sp³-hybridized carbons (Fsp3) is 0.167. The molecule has 0 aliphatic rings. The average Bonchev–Trinajstić information content (AvgIpc) is 2.28. The zero-order chi connectivity index (χ0) is 11.5. The summed E-state index contributed by atoms with van der Waals surface area (Å²) in [4.78, 5) is 15.7. The van der Waals surface area contributed by atoms with Crippen molar-refractivity contribution < 1.29 is 0 Å². The molecule has 3 nitrogen and oxygen atoms in total. The Labute approximate surface area is 102 Å². The number of aryl methyl sites for hydroxylation is 1. The molecular weight excluding hydrogens is 268 g/mol. The summed E-state index contributed by atoms with van der Waals surface area (Å²) in [6.45, 7) is 2.59. The number of rotatable bonds is 2. The number of halogens is 1. The molecular formula is C12H11BrN2O. The summed E-state index contributed by atoms with van der Waals surface area (Å²) in [5.41, 5.74) is 2.25. The molecule has 0 saturated heterocycles. The van der Waals surface area contributed by atoms with Crippen molar-refractivity contribution in [2.45, 2.75) is 13.5 Å². The zero-order valence-electron chi connectivity index (χ0n) is 8.85. The van der Waals surface area contributed by atoms with Crippen molar-refractivity contribution in [3.05, 3.63) is 62.7 Å². The van der Waals surface area contributed by atoms with Gasteiger partial charge in [0.15, 0.2) is 0 Å². The van der Waals surface area contributed by atoms with E-state index in [0.717, 1.165) is 5.56 Å². The molecule has 0 N–H and O–H groups in total. The predicted molar refractivity (Wildman–Crippen MR) is 66.5 cm³/mol. The van der Waals surface area contributed by atoms with Crippen molar-refractivity contribution in [1.29, 1.82) is 0 Å². The van der Waals surface area contributed by atoms with Gasteiger partial charge in [-0.15, -0.1) is 0 Å². The summed E-state index contributed by atoms with van der Waals surface area (Å²) >= 11 is 3.18. The number of hydrogen-bond acceptors (Lipinski definition) is 2. The molecule has 0 saturated carbocycles. The van der Waals surface area contributed by atoms with Crippen molar-refractivity contribution in [2.75, 3.05) is 0 Å². The molecule has 1 aromatic heterocycles. The number of nitrogens with zero attached hydrogens (tertiary/aromatic N) is 2. The van der Waals surface area contributed by atoms with Crippen molar-refractivity contribution in [1.82, 2.24) is 9.55 Å². The topological polar surface area (TPSA) is 34.9 Å². The van der Waals surface area contributed by atoms with Gasteiger partial charge in [0.2, 0.25) is 0 Å². The van der Waals surface area contributed by atoms with Gasteiger partial charge in [-0.3, -0.25) is 9.36 Å². The van der Waals surface area contributed by atoms with Gasteiger partial charge < -0.3 is 0 Å². The van der Waals surface area contributed by atoms with E-state index in [1.165, 1.54) is 11.8 Å². The minimum Gasteiger partial charge on any atom is -0.294 e. The third kappa shape index (κ3) is 2.22. The maximum Gasteiger partial charge on any atom is 0.267 e. The molecule has 0 fully saturated rings. The highest BCUT2D eigenvalue weighted by Crippen LogP contribution is 2.08. The third-order valence-corrected chi connectivity index (χ3v) is 3.00. The van der Waals surface area contributed by atoms with Crippen LogP contribution in [0.4, 0.5) is 0 Å². The average molecular weight is 279 g/mol. The molecule has 2 aromatic rings. The fourth-order valence-electron chi connectivity index (χ4n) is 1.51. The van der Waals surface area contributed by atoms with Crippen molar-refractivity contribution in [3.8, 4) is 0 Å². The molecule has 0 bridgehead atoms. The van der Waals surface area contributed by atoms with Gasteiger partial charge in [0.05, 0.1) is 12.9 Å². The normalized spacial score (nSPS) is 10.4. The van der Waals surface area contributed by atoms with Gasteiger partial charge >= 0.3 is 0 Å². The summed E-state index contributed by atoms with van der Waals surface area (Å²) in [5, 5.41) is 0. The smallest absolute Gasteiger partial charge is 0.267 e. The Hall–Kier alpha value is -1.42. The van der Waals surface area contributed by atoms with Gasteiger partial charge in [0.1, 0.15) is 4.47 Å². The minimum absolute atomic E-state index is 0.0572. The van der Waals surface area contributed by atoms with Crippen LogP contribution in [0.5, 0.6) is 0 Å². The molecule has 0 aliphatic carbocycles. The molecule has 82 valence electrons. The van der Waals surface area contributed by atoms with E-state index < -0.39 is 0 Å². The summed E-state index contributed by atoms with van der Waals surface area (Å²) in [7, 11) is 0. The molecule has 4 heteroatoms. The number of hydrogen-bond donors (Lipinski definition) is 0. The van der Waals surface area contributed by atoms with Crippen LogP contribution < -0.4 is 5.56 Å². The van der Waals surface area contributed by atoms with E-state index in [4.69, 9.17) is 0 Å². The molecule has 1 aromatic carbocycles. The van der Waals surface area contributed by atoms with Crippen molar-refractivity contribution in [2.24, 2.45) is 0 Å². The first-order chi connectivity index (χ1) is 7.68. The zero-order valence-corrected chi connectivity index (χ0v) is 10.4. The van der Waals surface area contributed by atoms with Crippen LogP contribution in [-0.4, -0.2) is 9.55 Å². The molecule has 0 unspecified atom stereocenters. The molecule has 0 spiro atoms. The second-order valence-electron chi connectivity index (χ2n) is 3.60. The maximum absolute atomic E-state index is 11.8. The SMILES string of the molecule is Cc1ccccc1Cn1cncc(Br)c1=O. The second-order valence-corrected chi connectivity index (χ2v) is 4.46. The molecule has 0 radical (unpaired) electrons. The Morgan fingerprint density at radius 2 is 2.12 bits per heavy atom. The van der Waals surface area contributed by atoms with Gasteiger partial charge in [-0.1, -0.05) is 24.3 Å². The first-order valence-electron chi connectivity index (χ1n) is 4.93. The lowest BCUT2D eigenvalue weighted by Gasteiger charge is -2.07. The second kappa shape index (κ2) is 4.61. The summed E-state index contributed by atoms with van der Waals surface area (Å²) < 4.78 is 2.08. The summed E-state index contributed by atoms with van der Waals surface area (Å²) in [5.74, 6) is 0. The molecule has 0 atom stereocenters. The fourth-order valence-corrected chi connectivity index (χ4v) is 1.85. The van der Waals surface area contributed by atoms with E-state index in [0.29, 0.717) is 11.0 Å². The van der Waals surface area contributed by atoms with E-state index in [9.17, 15) is 4.79 Å². The Balaban J connectivity index is 2.39. The monoisotopic (exact) mass is 278 g/mol. The molecule has 1 heterocycles. The highest BCUT2D eigenvalue weighted by molar-refractivity contribution is 9.10. The van der Waals surface area contributed by atoms with E-state index in [2.05, 4.69) is 20.9 Å². The third-order valence-electron chi connectivity index (χ3n) is 2.46. The lowest BCUT2D eigenvalue weighted by Crippen LogP contribution is -2.21. The number of benzene rings is 1. The lowest BCUT2D eigenvalue weighted by molar-refractivity contribution is 0.727. The van der Waals surface area contributed by atoms with Gasteiger partial charge in [0.25, 0.3) is 5.56 Å². The van der Waals surface area contributed by atoms with Crippen LogP contribution in [0.25, 0.3) is 0 Å². The molecule has 2 rings (SSSR count). The standard InChI is InChI=1S/C12H11BrN2O/c1-9-4-2-3-5-10(9)7-15-8-14-6-11(13)12(15)16/h2-6,8H,7H2,1H3. The van der Waals surface area contributed by atoms with Crippen LogP contribution in [0.1, 0.15) is 11.1 Å². The van der Waals surface area contributed by atoms with Crippen LogP contribution in [0, 0.1) is 6.92 Å². The highest BCUT2D eigenvalue weighted by Gasteiger charge is 2.03. The van der Waals surface area contributed by atoms with Gasteiger partial charge in [0, 0.05) is 6.20 Å². The highest BCUT2D eigenvalue weighted by atomic mass is 79.9. The van der Waals surface area contributed by atoms with Crippen molar-refractivity contribution >= 4 is 15.9 Å². The van der Waals surface area contributed by atoms with Crippen molar-refractivity contribution in [3.63, 3.8) is 0 Å². The lowest BCUT2D eigenvalue weighted by atomic mass is 10.1. The summed E-state index contributed by atoms with van der Waals surface area (Å²) in [6.07, 6.45) is 3.07. The maximum atomic E-state index is 11.8. The molecule has 0 aliphatic heterocycles. The van der Waals surface area contributed by atoms with Gasteiger partial charge in [-0.2, -0.15) is 0 Å². The van der Waals surface area contributed by atoms with E-state index >= 15 is 0 Å². The number of aromatic nitrogens is 2. The Morgan fingerprint density at radius 1 is 1.38 bits per heavy atom. The van der Waals surface area contributed by atoms with E-state index in [1.54, 1.807) is 10.9 Å². The first kappa shape index (κ1) is 11.1.